The first-order chi connectivity index (χ1) is 26.3. The maximum absolute atomic E-state index is 2.49. The first-order valence-corrected chi connectivity index (χ1v) is 23.5. The summed E-state index contributed by atoms with van der Waals surface area (Å²) in [5.41, 5.74) is 2.98. The summed E-state index contributed by atoms with van der Waals surface area (Å²) < 4.78 is 1.18. The highest BCUT2D eigenvalue weighted by molar-refractivity contribution is 5.15. The largest absolute Gasteiger partial charge is 0.316 e. The first kappa shape index (κ1) is 47.0. The van der Waals surface area contributed by atoms with Crippen LogP contribution < -0.4 is 0 Å². The van der Waals surface area contributed by atoms with Crippen LogP contribution in [0.3, 0.4) is 0 Å². The zero-order valence-electron chi connectivity index (χ0n) is 35.6. The van der Waals surface area contributed by atoms with Crippen molar-refractivity contribution in [3.63, 3.8) is 0 Å². The molecule has 0 saturated carbocycles. The van der Waals surface area contributed by atoms with Gasteiger partial charge in [0.25, 0.3) is 0 Å². The molecule has 0 fully saturated rings. The van der Waals surface area contributed by atoms with Gasteiger partial charge in [-0.05, 0) is 64.2 Å². The molecule has 0 aliphatic rings. The molecule has 1 nitrogen and oxygen atoms in total. The molecule has 1 heteroatoms. The smallest absolute Gasteiger partial charge is 0.105 e. The maximum atomic E-state index is 2.49. The summed E-state index contributed by atoms with van der Waals surface area (Å²) in [6.07, 6.45) is 51.6. The number of unbranched alkanes of at least 4 members (excludes halogenated alkanes) is 26. The Hall–Kier alpha value is -2.12. The summed E-state index contributed by atoms with van der Waals surface area (Å²) >= 11 is 0. The summed E-state index contributed by atoms with van der Waals surface area (Å²) in [5, 5.41) is 0. The molecule has 0 unspecified atom stereocenters. The van der Waals surface area contributed by atoms with Gasteiger partial charge in [0.1, 0.15) is 13.1 Å². The fourth-order valence-corrected chi connectivity index (χ4v) is 8.17. The Balaban J connectivity index is 1.71. The molecule has 0 heterocycles. The molecule has 2 aromatic carbocycles. The van der Waals surface area contributed by atoms with E-state index in [0.717, 1.165) is 13.1 Å². The van der Waals surface area contributed by atoms with Crippen molar-refractivity contribution in [1.29, 1.82) is 0 Å². The lowest BCUT2D eigenvalue weighted by atomic mass is 10.0. The second-order valence-electron chi connectivity index (χ2n) is 16.7. The molecule has 2 aromatic rings. The van der Waals surface area contributed by atoms with Crippen molar-refractivity contribution in [2.24, 2.45) is 0 Å². The number of benzene rings is 2. The first-order valence-electron chi connectivity index (χ1n) is 23.5. The zero-order chi connectivity index (χ0) is 37.6. The molecule has 53 heavy (non-hydrogen) atoms. The average Bonchev–Trinajstić information content (AvgIpc) is 3.18. The van der Waals surface area contributed by atoms with Crippen molar-refractivity contribution < 1.29 is 4.48 Å². The molecule has 0 N–H and O–H groups in total. The van der Waals surface area contributed by atoms with Gasteiger partial charge in [-0.1, -0.05) is 227 Å². The molecule has 0 aliphatic heterocycles. The van der Waals surface area contributed by atoms with E-state index in [1.807, 2.05) is 0 Å². The van der Waals surface area contributed by atoms with Crippen LogP contribution in [0, 0.1) is 0 Å². The molecular weight excluding hydrogens is 639 g/mol. The third-order valence-corrected chi connectivity index (χ3v) is 11.5. The summed E-state index contributed by atoms with van der Waals surface area (Å²) in [6.45, 7) is 9.43. The molecule has 0 aromatic heterocycles. The normalized spacial score (nSPS) is 12.1. The highest BCUT2D eigenvalue weighted by atomic mass is 15.3. The topological polar surface area (TPSA) is 0 Å². The summed E-state index contributed by atoms with van der Waals surface area (Å²) in [4.78, 5) is 0. The number of nitrogens with zero attached hydrogens (tertiary/aromatic N) is 1. The monoisotopic (exact) mass is 727 g/mol. The van der Waals surface area contributed by atoms with Gasteiger partial charge in [0.2, 0.25) is 0 Å². The summed E-state index contributed by atoms with van der Waals surface area (Å²) in [7, 11) is 0. The Morgan fingerprint density at radius 1 is 0.321 bits per heavy atom. The predicted molar refractivity (Wildman–Crippen MR) is 238 cm³/mol. The Labute approximate surface area is 332 Å². The lowest BCUT2D eigenvalue weighted by Crippen LogP contribution is -2.48. The minimum absolute atomic E-state index is 1.14. The van der Waals surface area contributed by atoms with Crippen LogP contribution in [0.5, 0.6) is 0 Å². The Kier molecular flexibility index (Phi) is 31.6. The van der Waals surface area contributed by atoms with Gasteiger partial charge in [-0.2, -0.15) is 0 Å². The SMILES string of the molecule is CCCCCCCCCCCCC/C=C/CCCC[N+](CCCC/C=C/CCCCCCCCCCCCC)(Cc1ccccc1)Cc1ccccc1. The molecule has 0 amide bonds. The van der Waals surface area contributed by atoms with Crippen LogP contribution in [0.4, 0.5) is 0 Å². The maximum Gasteiger partial charge on any atom is 0.105 e. The highest BCUT2D eigenvalue weighted by Crippen LogP contribution is 2.24. The summed E-state index contributed by atoms with van der Waals surface area (Å²) in [6, 6.07) is 22.7. The fourth-order valence-electron chi connectivity index (χ4n) is 8.17. The lowest BCUT2D eigenvalue weighted by molar-refractivity contribution is -0.954. The van der Waals surface area contributed by atoms with E-state index < -0.39 is 0 Å². The van der Waals surface area contributed by atoms with Crippen molar-refractivity contribution in [2.45, 2.75) is 220 Å². The second-order valence-corrected chi connectivity index (χ2v) is 16.7. The lowest BCUT2D eigenvalue weighted by Gasteiger charge is -2.39. The van der Waals surface area contributed by atoms with Crippen LogP contribution in [0.2, 0.25) is 0 Å². The summed E-state index contributed by atoms with van der Waals surface area (Å²) in [5.74, 6) is 0. The van der Waals surface area contributed by atoms with E-state index in [4.69, 9.17) is 0 Å². The van der Waals surface area contributed by atoms with Crippen LogP contribution in [0.15, 0.2) is 85.0 Å². The van der Waals surface area contributed by atoms with Crippen LogP contribution >= 0.6 is 0 Å². The highest BCUT2D eigenvalue weighted by Gasteiger charge is 2.27. The van der Waals surface area contributed by atoms with Gasteiger partial charge in [-0.3, -0.25) is 0 Å². The molecular formula is C52H88N+. The number of rotatable bonds is 38. The third kappa shape index (κ3) is 28.0. The molecule has 0 aliphatic carbocycles. The number of hydrogen-bond acceptors (Lipinski definition) is 0. The molecule has 2 rings (SSSR count). The van der Waals surface area contributed by atoms with Crippen molar-refractivity contribution in [3.8, 4) is 0 Å². The van der Waals surface area contributed by atoms with Gasteiger partial charge in [0.15, 0.2) is 0 Å². The predicted octanol–water partition coefficient (Wildman–Crippen LogP) is 17.1. The van der Waals surface area contributed by atoms with E-state index >= 15 is 0 Å². The van der Waals surface area contributed by atoms with E-state index in [9.17, 15) is 0 Å². The Morgan fingerprint density at radius 2 is 0.585 bits per heavy atom. The quantitative estimate of drug-likeness (QED) is 0.0367. The fraction of sp³-hybridized carbons (Fsp3) is 0.692. The van der Waals surface area contributed by atoms with Crippen LogP contribution in [-0.2, 0) is 13.1 Å². The molecule has 300 valence electrons. The van der Waals surface area contributed by atoms with Gasteiger partial charge in [-0.15, -0.1) is 0 Å². The van der Waals surface area contributed by atoms with E-state index in [0.29, 0.717) is 0 Å². The minimum atomic E-state index is 1.14. The van der Waals surface area contributed by atoms with Crippen LogP contribution in [0.25, 0.3) is 0 Å². The number of hydrogen-bond donors (Lipinski definition) is 0. The van der Waals surface area contributed by atoms with Gasteiger partial charge < -0.3 is 4.48 Å². The average molecular weight is 727 g/mol. The number of quaternary nitrogens is 1. The second kappa shape index (κ2) is 35.6. The Morgan fingerprint density at radius 3 is 0.887 bits per heavy atom. The van der Waals surface area contributed by atoms with Gasteiger partial charge in [0, 0.05) is 11.1 Å². The molecule has 0 radical (unpaired) electrons. The molecule has 0 atom stereocenters. The van der Waals surface area contributed by atoms with E-state index in [2.05, 4.69) is 98.8 Å². The van der Waals surface area contributed by atoms with Gasteiger partial charge >= 0.3 is 0 Å². The van der Waals surface area contributed by atoms with E-state index in [-0.39, 0.29) is 0 Å². The van der Waals surface area contributed by atoms with Crippen molar-refractivity contribution >= 4 is 0 Å². The zero-order valence-corrected chi connectivity index (χ0v) is 35.6. The van der Waals surface area contributed by atoms with Gasteiger partial charge in [0.05, 0.1) is 13.1 Å². The van der Waals surface area contributed by atoms with Crippen molar-refractivity contribution in [1.82, 2.24) is 0 Å². The molecule has 0 saturated heterocycles. The number of allylic oxidation sites excluding steroid dienone is 4. The van der Waals surface area contributed by atoms with Crippen LogP contribution in [-0.4, -0.2) is 17.6 Å². The van der Waals surface area contributed by atoms with Crippen molar-refractivity contribution in [2.75, 3.05) is 13.1 Å². The molecule has 0 spiro atoms. The van der Waals surface area contributed by atoms with E-state index in [1.165, 1.54) is 221 Å². The molecule has 0 bridgehead atoms. The standard InChI is InChI=1S/C52H88N/c1-3-5-7-9-11-13-15-17-19-21-23-25-27-29-31-33-41-47-53(49-51-43-37-35-38-44-51,50-52-45-39-36-40-46-52)48-42-34-32-30-28-26-24-22-20-18-16-14-12-10-8-6-4-2/h27-30,35-40,43-46H,3-26,31-34,41-42,47-50H2,1-2H3/q+1/b29-27+,30-28+. The minimum Gasteiger partial charge on any atom is -0.316 e. The van der Waals surface area contributed by atoms with Crippen molar-refractivity contribution in [3.05, 3.63) is 96.1 Å². The van der Waals surface area contributed by atoms with Crippen LogP contribution in [0.1, 0.15) is 218 Å². The van der Waals surface area contributed by atoms with E-state index in [1.54, 1.807) is 0 Å². The Bertz CT molecular complexity index is 981. The third-order valence-electron chi connectivity index (χ3n) is 11.5. The van der Waals surface area contributed by atoms with Gasteiger partial charge in [-0.25, -0.2) is 0 Å².